The maximum atomic E-state index is 12.8. The molecule has 0 saturated heterocycles. The lowest BCUT2D eigenvalue weighted by atomic mass is 10.2. The highest BCUT2D eigenvalue weighted by Gasteiger charge is 2.23. The number of para-hydroxylation sites is 1. The zero-order valence-electron chi connectivity index (χ0n) is 14.2. The summed E-state index contributed by atoms with van der Waals surface area (Å²) in [7, 11) is 0. The third-order valence-electron chi connectivity index (χ3n) is 4.07. The molecule has 26 heavy (non-hydrogen) atoms. The van der Waals surface area contributed by atoms with Gasteiger partial charge in [0.1, 0.15) is 0 Å². The molecule has 0 unspecified atom stereocenters. The number of aryl methyl sites for hydroxylation is 1. The molecule has 0 fully saturated rings. The second-order valence-corrected chi connectivity index (χ2v) is 7.94. The van der Waals surface area contributed by atoms with Crippen LogP contribution in [0.25, 0.3) is 5.69 Å². The lowest BCUT2D eigenvalue weighted by Gasteiger charge is -2.28. The van der Waals surface area contributed by atoms with Crippen LogP contribution < -0.4 is 4.90 Å². The van der Waals surface area contributed by atoms with Crippen molar-refractivity contribution in [2.45, 2.75) is 17.0 Å². The fourth-order valence-electron chi connectivity index (χ4n) is 2.75. The summed E-state index contributed by atoms with van der Waals surface area (Å²) in [4.78, 5) is 15.8. The molecule has 2 aromatic carbocycles. The van der Waals surface area contributed by atoms with Crippen molar-refractivity contribution >= 4 is 35.1 Å². The van der Waals surface area contributed by atoms with Crippen LogP contribution in [0.4, 0.5) is 5.69 Å². The lowest BCUT2D eigenvalue weighted by molar-refractivity contribution is -0.116. The largest absolute Gasteiger partial charge is 0.310 e. The predicted octanol–water partition coefficient (Wildman–Crippen LogP) is 3.20. The Kier molecular flexibility index (Phi) is 4.94. The number of benzene rings is 2. The van der Waals surface area contributed by atoms with Crippen LogP contribution in [0.2, 0.25) is 0 Å². The number of hydrogen-bond donors (Lipinski definition) is 0. The van der Waals surface area contributed by atoms with E-state index in [1.807, 2.05) is 54.3 Å². The Labute approximate surface area is 160 Å². The number of rotatable bonds is 4. The van der Waals surface area contributed by atoms with Crippen LogP contribution in [0.3, 0.4) is 0 Å². The second-order valence-electron chi connectivity index (χ2n) is 5.86. The summed E-state index contributed by atoms with van der Waals surface area (Å²) in [6.45, 7) is 2.76. The van der Waals surface area contributed by atoms with Gasteiger partial charge in [-0.05, 0) is 41.6 Å². The maximum Gasteiger partial charge on any atom is 0.237 e. The van der Waals surface area contributed by atoms with Crippen molar-refractivity contribution in [3.63, 3.8) is 0 Å². The van der Waals surface area contributed by atoms with Crippen LogP contribution >= 0.6 is 23.5 Å². The number of thioether (sulfide) groups is 2. The standard InChI is InChI=1S/C18H17N5OS2/c1-13-6-8-14(9-7-13)23-18(19-20-21-23)26-12-17(24)22-10-11-25-16-5-3-2-4-15(16)22/h2-9H,10-12H2,1H3. The highest BCUT2D eigenvalue weighted by molar-refractivity contribution is 8.00. The molecule has 0 radical (unpaired) electrons. The molecular formula is C18H17N5OS2. The predicted molar refractivity (Wildman–Crippen MR) is 104 cm³/mol. The molecule has 132 valence electrons. The quantitative estimate of drug-likeness (QED) is 0.645. The molecule has 1 aliphatic rings. The number of carbonyl (C=O) groups excluding carboxylic acids is 1. The minimum atomic E-state index is 0.0706. The van der Waals surface area contributed by atoms with Gasteiger partial charge in [0.25, 0.3) is 0 Å². The highest BCUT2D eigenvalue weighted by Crippen LogP contribution is 2.34. The number of amides is 1. The van der Waals surface area contributed by atoms with Gasteiger partial charge in [-0.3, -0.25) is 4.79 Å². The van der Waals surface area contributed by atoms with Crippen molar-refractivity contribution in [2.75, 3.05) is 23.0 Å². The van der Waals surface area contributed by atoms with E-state index < -0.39 is 0 Å². The minimum absolute atomic E-state index is 0.0706. The first-order valence-electron chi connectivity index (χ1n) is 8.23. The second kappa shape index (κ2) is 7.51. The number of anilines is 1. The summed E-state index contributed by atoms with van der Waals surface area (Å²) in [5.41, 5.74) is 3.05. The van der Waals surface area contributed by atoms with E-state index in [0.717, 1.165) is 28.6 Å². The zero-order chi connectivity index (χ0) is 17.9. The van der Waals surface area contributed by atoms with Crippen molar-refractivity contribution < 1.29 is 4.79 Å². The Morgan fingerprint density at radius 3 is 2.85 bits per heavy atom. The van der Waals surface area contributed by atoms with Gasteiger partial charge in [-0.15, -0.1) is 16.9 Å². The third-order valence-corrected chi connectivity index (χ3v) is 6.02. The lowest BCUT2D eigenvalue weighted by Crippen LogP contribution is -2.36. The van der Waals surface area contributed by atoms with E-state index in [0.29, 0.717) is 10.9 Å². The van der Waals surface area contributed by atoms with Gasteiger partial charge in [-0.2, -0.15) is 4.68 Å². The van der Waals surface area contributed by atoms with Gasteiger partial charge < -0.3 is 4.90 Å². The normalized spacial score (nSPS) is 13.5. The summed E-state index contributed by atoms with van der Waals surface area (Å²) < 4.78 is 1.66. The number of fused-ring (bicyclic) bond motifs is 1. The Balaban J connectivity index is 1.48. The van der Waals surface area contributed by atoms with Crippen LogP contribution in [0.1, 0.15) is 5.56 Å². The van der Waals surface area contributed by atoms with E-state index in [2.05, 4.69) is 21.6 Å². The summed E-state index contributed by atoms with van der Waals surface area (Å²) in [5, 5.41) is 12.5. The fraction of sp³-hybridized carbons (Fsp3) is 0.222. The molecule has 0 N–H and O–H groups in total. The zero-order valence-corrected chi connectivity index (χ0v) is 15.8. The van der Waals surface area contributed by atoms with Crippen molar-refractivity contribution in [2.24, 2.45) is 0 Å². The van der Waals surface area contributed by atoms with Gasteiger partial charge in [-0.25, -0.2) is 0 Å². The first-order chi connectivity index (χ1) is 12.7. The van der Waals surface area contributed by atoms with Crippen LogP contribution in [-0.4, -0.2) is 44.2 Å². The van der Waals surface area contributed by atoms with Gasteiger partial charge in [0.05, 0.1) is 17.1 Å². The first-order valence-corrected chi connectivity index (χ1v) is 10.2. The molecule has 0 atom stereocenters. The molecule has 2 heterocycles. The number of tetrazole rings is 1. The van der Waals surface area contributed by atoms with Crippen LogP contribution in [-0.2, 0) is 4.79 Å². The average molecular weight is 384 g/mol. The fourth-order valence-corrected chi connectivity index (χ4v) is 4.51. The molecule has 0 aliphatic carbocycles. The van der Waals surface area contributed by atoms with E-state index >= 15 is 0 Å². The van der Waals surface area contributed by atoms with Crippen LogP contribution in [0.15, 0.2) is 58.6 Å². The molecule has 3 aromatic rings. The molecule has 6 nitrogen and oxygen atoms in total. The molecule has 1 amide bonds. The van der Waals surface area contributed by atoms with E-state index in [4.69, 9.17) is 0 Å². The summed E-state index contributed by atoms with van der Waals surface area (Å²) in [6.07, 6.45) is 0. The van der Waals surface area contributed by atoms with Gasteiger partial charge in [0.2, 0.25) is 11.1 Å². The smallest absolute Gasteiger partial charge is 0.237 e. The Bertz CT molecular complexity index is 925. The summed E-state index contributed by atoms with van der Waals surface area (Å²) in [5.74, 6) is 1.28. The SMILES string of the molecule is Cc1ccc(-n2nnnc2SCC(=O)N2CCSc3ccccc32)cc1. The molecule has 0 spiro atoms. The molecular weight excluding hydrogens is 366 g/mol. The van der Waals surface area contributed by atoms with Crippen molar-refractivity contribution in [1.29, 1.82) is 0 Å². The van der Waals surface area contributed by atoms with E-state index in [1.165, 1.54) is 17.3 Å². The monoisotopic (exact) mass is 383 g/mol. The number of aromatic nitrogens is 4. The van der Waals surface area contributed by atoms with E-state index in [-0.39, 0.29) is 5.91 Å². The van der Waals surface area contributed by atoms with Crippen LogP contribution in [0, 0.1) is 6.92 Å². The number of nitrogens with zero attached hydrogens (tertiary/aromatic N) is 5. The molecule has 1 aliphatic heterocycles. The van der Waals surface area contributed by atoms with E-state index in [9.17, 15) is 4.79 Å². The van der Waals surface area contributed by atoms with Gasteiger partial charge >= 0.3 is 0 Å². The van der Waals surface area contributed by atoms with Gasteiger partial charge in [0, 0.05) is 17.2 Å². The molecule has 1 aromatic heterocycles. The Morgan fingerprint density at radius 2 is 2.00 bits per heavy atom. The molecule has 0 saturated carbocycles. The average Bonchev–Trinajstić information content (AvgIpc) is 3.15. The highest BCUT2D eigenvalue weighted by atomic mass is 32.2. The number of carbonyl (C=O) groups is 1. The Morgan fingerprint density at radius 1 is 1.19 bits per heavy atom. The van der Waals surface area contributed by atoms with Crippen molar-refractivity contribution in [3.8, 4) is 5.69 Å². The van der Waals surface area contributed by atoms with Gasteiger partial charge in [-0.1, -0.05) is 41.6 Å². The first kappa shape index (κ1) is 17.1. The molecule has 4 rings (SSSR count). The number of hydrogen-bond acceptors (Lipinski definition) is 6. The topological polar surface area (TPSA) is 63.9 Å². The van der Waals surface area contributed by atoms with Crippen molar-refractivity contribution in [1.82, 2.24) is 20.2 Å². The summed E-state index contributed by atoms with van der Waals surface area (Å²) in [6, 6.07) is 16.0. The third kappa shape index (κ3) is 3.47. The molecule has 0 bridgehead atoms. The van der Waals surface area contributed by atoms with Gasteiger partial charge in [0.15, 0.2) is 0 Å². The van der Waals surface area contributed by atoms with Crippen molar-refractivity contribution in [3.05, 3.63) is 54.1 Å². The minimum Gasteiger partial charge on any atom is -0.310 e. The molecule has 8 heteroatoms. The summed E-state index contributed by atoms with van der Waals surface area (Å²) >= 11 is 3.15. The maximum absolute atomic E-state index is 12.8. The van der Waals surface area contributed by atoms with Crippen LogP contribution in [0.5, 0.6) is 0 Å². The van der Waals surface area contributed by atoms with E-state index in [1.54, 1.807) is 16.4 Å². The Hall–Kier alpha value is -2.32.